The molecule has 1 heterocycles. The average Bonchev–Trinajstić information content (AvgIpc) is 2.48. The summed E-state index contributed by atoms with van der Waals surface area (Å²) in [5.41, 5.74) is 2.57. The first-order valence-corrected chi connectivity index (χ1v) is 8.85. The van der Waals surface area contributed by atoms with E-state index in [1.165, 1.54) is 30.5 Å². The van der Waals surface area contributed by atoms with E-state index in [0.29, 0.717) is 12.0 Å². The van der Waals surface area contributed by atoms with Gasteiger partial charge in [0, 0.05) is 19.1 Å². The van der Waals surface area contributed by atoms with E-state index in [1.54, 1.807) is 0 Å². The van der Waals surface area contributed by atoms with Crippen molar-refractivity contribution in [2.45, 2.75) is 59.5 Å². The van der Waals surface area contributed by atoms with Gasteiger partial charge >= 0.3 is 0 Å². The smallest absolute Gasteiger partial charge is 0.142 e. The predicted molar refractivity (Wildman–Crippen MR) is 94.8 cm³/mol. The molecule has 0 radical (unpaired) electrons. The maximum absolute atomic E-state index is 5.94. The van der Waals surface area contributed by atoms with Crippen LogP contribution in [0, 0.1) is 5.92 Å². The number of benzene rings is 1. The Balaban J connectivity index is 2.12. The molecule has 1 aromatic rings. The molecule has 22 heavy (non-hydrogen) atoms. The van der Waals surface area contributed by atoms with Crippen molar-refractivity contribution in [3.05, 3.63) is 23.8 Å². The fraction of sp³-hybridized carbons (Fsp3) is 0.684. The first kappa shape index (κ1) is 17.1. The van der Waals surface area contributed by atoms with Gasteiger partial charge < -0.3 is 15.0 Å². The van der Waals surface area contributed by atoms with Crippen molar-refractivity contribution >= 4 is 5.69 Å². The van der Waals surface area contributed by atoms with Crippen molar-refractivity contribution in [1.29, 1.82) is 0 Å². The van der Waals surface area contributed by atoms with Crippen LogP contribution in [0.25, 0.3) is 0 Å². The quantitative estimate of drug-likeness (QED) is 0.816. The lowest BCUT2D eigenvalue weighted by Crippen LogP contribution is -2.37. The SMILES string of the molecule is CCOc1cc(CNCC(C)C)ccc1N1CCCCC1C. The number of ether oxygens (including phenoxy) is 1. The van der Waals surface area contributed by atoms with Gasteiger partial charge in [-0.15, -0.1) is 0 Å². The molecule has 0 spiro atoms. The number of anilines is 1. The van der Waals surface area contributed by atoms with Crippen LogP contribution in [-0.4, -0.2) is 25.7 Å². The Kier molecular flexibility index (Phi) is 6.56. The summed E-state index contributed by atoms with van der Waals surface area (Å²) in [6.07, 6.45) is 3.91. The van der Waals surface area contributed by atoms with E-state index in [4.69, 9.17) is 4.74 Å². The second-order valence-corrected chi connectivity index (χ2v) is 6.80. The van der Waals surface area contributed by atoms with Gasteiger partial charge in [-0.05, 0) is 63.3 Å². The van der Waals surface area contributed by atoms with Crippen LogP contribution in [0.1, 0.15) is 52.5 Å². The van der Waals surface area contributed by atoms with Gasteiger partial charge in [-0.2, -0.15) is 0 Å². The Morgan fingerprint density at radius 3 is 2.82 bits per heavy atom. The Hall–Kier alpha value is -1.22. The van der Waals surface area contributed by atoms with Gasteiger partial charge in [-0.1, -0.05) is 19.9 Å². The van der Waals surface area contributed by atoms with Gasteiger partial charge in [0.15, 0.2) is 0 Å². The van der Waals surface area contributed by atoms with Crippen molar-refractivity contribution in [3.8, 4) is 5.75 Å². The lowest BCUT2D eigenvalue weighted by molar-refractivity contribution is 0.337. The number of rotatable bonds is 7. The third-order valence-corrected chi connectivity index (χ3v) is 4.32. The number of hydrogen-bond acceptors (Lipinski definition) is 3. The van der Waals surface area contributed by atoms with Gasteiger partial charge in [0.25, 0.3) is 0 Å². The Morgan fingerprint density at radius 2 is 2.14 bits per heavy atom. The zero-order chi connectivity index (χ0) is 15.9. The summed E-state index contributed by atoms with van der Waals surface area (Å²) in [5, 5.41) is 3.51. The maximum atomic E-state index is 5.94. The van der Waals surface area contributed by atoms with Crippen LogP contribution in [0.3, 0.4) is 0 Å². The zero-order valence-electron chi connectivity index (χ0n) is 14.7. The third-order valence-electron chi connectivity index (χ3n) is 4.32. The van der Waals surface area contributed by atoms with E-state index < -0.39 is 0 Å². The molecule has 1 N–H and O–H groups in total. The van der Waals surface area contributed by atoms with Crippen LogP contribution in [-0.2, 0) is 6.54 Å². The van der Waals surface area contributed by atoms with Crippen LogP contribution in [0.5, 0.6) is 5.75 Å². The van der Waals surface area contributed by atoms with Crippen LogP contribution in [0.15, 0.2) is 18.2 Å². The molecule has 1 atom stereocenters. The minimum absolute atomic E-state index is 0.609. The van der Waals surface area contributed by atoms with Gasteiger partial charge in [-0.3, -0.25) is 0 Å². The monoisotopic (exact) mass is 304 g/mol. The summed E-state index contributed by atoms with van der Waals surface area (Å²) in [4.78, 5) is 2.51. The second-order valence-electron chi connectivity index (χ2n) is 6.80. The van der Waals surface area contributed by atoms with Crippen molar-refractivity contribution in [2.24, 2.45) is 5.92 Å². The van der Waals surface area contributed by atoms with Gasteiger partial charge in [0.1, 0.15) is 5.75 Å². The molecule has 1 aromatic carbocycles. The molecular formula is C19H32N2O. The number of piperidine rings is 1. The maximum Gasteiger partial charge on any atom is 0.142 e. The molecule has 1 unspecified atom stereocenters. The van der Waals surface area contributed by atoms with Crippen molar-refractivity contribution < 1.29 is 4.74 Å². The molecule has 3 heteroatoms. The van der Waals surface area contributed by atoms with Gasteiger partial charge in [0.2, 0.25) is 0 Å². The molecule has 1 fully saturated rings. The molecule has 0 bridgehead atoms. The van der Waals surface area contributed by atoms with E-state index in [0.717, 1.165) is 32.0 Å². The highest BCUT2D eigenvalue weighted by Crippen LogP contribution is 2.34. The lowest BCUT2D eigenvalue weighted by Gasteiger charge is -2.36. The normalized spacial score (nSPS) is 18.8. The van der Waals surface area contributed by atoms with E-state index in [1.807, 2.05) is 0 Å². The number of hydrogen-bond donors (Lipinski definition) is 1. The molecule has 3 nitrogen and oxygen atoms in total. The standard InChI is InChI=1S/C19H32N2O/c1-5-22-19-12-17(14-20-13-15(2)3)9-10-18(19)21-11-7-6-8-16(21)4/h9-10,12,15-16,20H,5-8,11,13-14H2,1-4H3. The molecule has 124 valence electrons. The molecule has 0 saturated carbocycles. The van der Waals surface area contributed by atoms with Crippen LogP contribution in [0.2, 0.25) is 0 Å². The van der Waals surface area contributed by atoms with Crippen LogP contribution < -0.4 is 15.0 Å². The first-order valence-electron chi connectivity index (χ1n) is 8.85. The fourth-order valence-electron chi connectivity index (χ4n) is 3.14. The first-order chi connectivity index (χ1) is 10.6. The molecule has 2 rings (SSSR count). The van der Waals surface area contributed by atoms with Crippen LogP contribution in [0.4, 0.5) is 5.69 Å². The minimum atomic E-state index is 0.609. The van der Waals surface area contributed by atoms with Gasteiger partial charge in [-0.25, -0.2) is 0 Å². The molecule has 1 aliphatic rings. The molecule has 0 amide bonds. The largest absolute Gasteiger partial charge is 0.492 e. The highest BCUT2D eigenvalue weighted by atomic mass is 16.5. The molecule has 0 aromatic heterocycles. The van der Waals surface area contributed by atoms with E-state index in [9.17, 15) is 0 Å². The topological polar surface area (TPSA) is 24.5 Å². The summed E-state index contributed by atoms with van der Waals surface area (Å²) in [7, 11) is 0. The minimum Gasteiger partial charge on any atom is -0.492 e. The summed E-state index contributed by atoms with van der Waals surface area (Å²) >= 11 is 0. The highest BCUT2D eigenvalue weighted by Gasteiger charge is 2.21. The molecule has 1 saturated heterocycles. The summed E-state index contributed by atoms with van der Waals surface area (Å²) in [6, 6.07) is 7.32. The lowest BCUT2D eigenvalue weighted by atomic mass is 10.0. The van der Waals surface area contributed by atoms with E-state index in [2.05, 4.69) is 56.1 Å². The molecule has 0 aliphatic carbocycles. The number of nitrogens with one attached hydrogen (secondary N) is 1. The number of nitrogens with zero attached hydrogens (tertiary/aromatic N) is 1. The summed E-state index contributed by atoms with van der Waals surface area (Å²) < 4.78 is 5.94. The third kappa shape index (κ3) is 4.64. The Bertz CT molecular complexity index is 459. The Morgan fingerprint density at radius 1 is 1.32 bits per heavy atom. The van der Waals surface area contributed by atoms with Crippen LogP contribution >= 0.6 is 0 Å². The molecule has 1 aliphatic heterocycles. The Labute approximate surface area is 136 Å². The molecular weight excluding hydrogens is 272 g/mol. The zero-order valence-corrected chi connectivity index (χ0v) is 14.7. The average molecular weight is 304 g/mol. The van der Waals surface area contributed by atoms with E-state index in [-0.39, 0.29) is 0 Å². The second kappa shape index (κ2) is 8.42. The van der Waals surface area contributed by atoms with Gasteiger partial charge in [0.05, 0.1) is 12.3 Å². The predicted octanol–water partition coefficient (Wildman–Crippen LogP) is 4.21. The fourth-order valence-corrected chi connectivity index (χ4v) is 3.14. The van der Waals surface area contributed by atoms with Crippen molar-refractivity contribution in [1.82, 2.24) is 5.32 Å². The highest BCUT2D eigenvalue weighted by molar-refractivity contribution is 5.60. The summed E-state index contributed by atoms with van der Waals surface area (Å²) in [5.74, 6) is 1.72. The van der Waals surface area contributed by atoms with Crippen molar-refractivity contribution in [3.63, 3.8) is 0 Å². The van der Waals surface area contributed by atoms with E-state index >= 15 is 0 Å². The summed E-state index contributed by atoms with van der Waals surface area (Å²) in [6.45, 7) is 12.7. The van der Waals surface area contributed by atoms with Crippen molar-refractivity contribution in [2.75, 3.05) is 24.6 Å².